The number of hydrogen-bond donors (Lipinski definition) is 2. The Morgan fingerprint density at radius 3 is 2.44 bits per heavy atom. The summed E-state index contributed by atoms with van der Waals surface area (Å²) >= 11 is 3.04. The normalized spacial score (nSPS) is 14.8. The fourth-order valence-corrected chi connectivity index (χ4v) is 5.86. The molecule has 1 aliphatic rings. The Balaban J connectivity index is 1.81. The molecule has 1 aromatic carbocycles. The zero-order valence-electron chi connectivity index (χ0n) is 16.4. The van der Waals surface area contributed by atoms with Crippen molar-refractivity contribution in [1.29, 1.82) is 5.26 Å². The van der Waals surface area contributed by atoms with Crippen LogP contribution >= 0.6 is 22.7 Å². The number of aromatic nitrogens is 1. The van der Waals surface area contributed by atoms with Gasteiger partial charge in [0.2, 0.25) is 5.91 Å². The molecule has 0 atom stereocenters. The number of carbonyl (C=O) groups excluding carboxylic acids is 1. The van der Waals surface area contributed by atoms with E-state index >= 15 is 0 Å². The lowest BCUT2D eigenvalue weighted by Gasteiger charge is -2.32. The molecule has 5 rings (SSSR count). The van der Waals surface area contributed by atoms with Crippen LogP contribution in [0.3, 0.4) is 0 Å². The molecule has 0 unspecified atom stereocenters. The average molecular weight is 462 g/mol. The smallest absolute Gasteiger partial charge is 0.417 e. The van der Waals surface area contributed by atoms with Gasteiger partial charge in [-0.2, -0.15) is 5.26 Å². The first-order valence-corrected chi connectivity index (χ1v) is 11.3. The van der Waals surface area contributed by atoms with E-state index < -0.39 is 11.7 Å². The highest BCUT2D eigenvalue weighted by atomic mass is 32.1. The van der Waals surface area contributed by atoms with Crippen LogP contribution in [0, 0.1) is 11.3 Å². The number of nitrogens with one attached hydrogen (secondary N) is 1. The number of carbonyl (C=O) groups is 2. The maximum absolute atomic E-state index is 12.5. The standard InChI is InChI=1S/C23H15N3O4S2/c24-12-15-6-8-18(26(15)22(28)29)14-5-7-17-16(11-14)23(19-3-1-9-31-19,20-4-2-10-32-20)30-13-21(27)25-17/h1-11H,13H2,(H,25,27)(H,28,29). The second-order valence-corrected chi connectivity index (χ2v) is 8.96. The predicted octanol–water partition coefficient (Wildman–Crippen LogP) is 4.94. The Morgan fingerprint density at radius 1 is 1.12 bits per heavy atom. The van der Waals surface area contributed by atoms with Crippen molar-refractivity contribution in [2.75, 3.05) is 11.9 Å². The van der Waals surface area contributed by atoms with Crippen molar-refractivity contribution in [3.05, 3.63) is 86.4 Å². The third-order valence-electron chi connectivity index (χ3n) is 5.31. The lowest BCUT2D eigenvalue weighted by molar-refractivity contribution is -0.123. The topological polar surface area (TPSA) is 104 Å². The average Bonchev–Trinajstić information content (AvgIpc) is 3.55. The highest BCUT2D eigenvalue weighted by Crippen LogP contribution is 2.49. The second-order valence-electron chi connectivity index (χ2n) is 7.07. The van der Waals surface area contributed by atoms with Crippen molar-refractivity contribution in [3.8, 4) is 17.3 Å². The first kappa shape index (κ1) is 20.2. The van der Waals surface area contributed by atoms with Gasteiger partial charge in [-0.05, 0) is 52.7 Å². The van der Waals surface area contributed by atoms with Crippen molar-refractivity contribution in [2.45, 2.75) is 5.60 Å². The molecule has 0 bridgehead atoms. The van der Waals surface area contributed by atoms with E-state index in [0.29, 0.717) is 22.5 Å². The summed E-state index contributed by atoms with van der Waals surface area (Å²) in [5.41, 5.74) is 1.22. The molecule has 2 N–H and O–H groups in total. The van der Waals surface area contributed by atoms with E-state index in [-0.39, 0.29) is 18.2 Å². The van der Waals surface area contributed by atoms with E-state index in [1.807, 2.05) is 47.2 Å². The molecule has 0 saturated heterocycles. The Morgan fingerprint density at radius 2 is 1.84 bits per heavy atom. The van der Waals surface area contributed by atoms with Gasteiger partial charge in [-0.15, -0.1) is 22.7 Å². The summed E-state index contributed by atoms with van der Waals surface area (Å²) < 4.78 is 7.30. The number of anilines is 1. The van der Waals surface area contributed by atoms with Crippen molar-refractivity contribution in [2.24, 2.45) is 0 Å². The summed E-state index contributed by atoms with van der Waals surface area (Å²) in [4.78, 5) is 26.1. The Kier molecular flexibility index (Phi) is 4.90. The minimum atomic E-state index is -1.25. The van der Waals surface area contributed by atoms with Gasteiger partial charge in [0, 0.05) is 21.0 Å². The van der Waals surface area contributed by atoms with Crippen LogP contribution in [0.5, 0.6) is 0 Å². The molecule has 9 heteroatoms. The van der Waals surface area contributed by atoms with E-state index in [2.05, 4.69) is 5.32 Å². The lowest BCUT2D eigenvalue weighted by Crippen LogP contribution is -2.31. The van der Waals surface area contributed by atoms with Crippen molar-refractivity contribution in [3.63, 3.8) is 0 Å². The maximum Gasteiger partial charge on any atom is 0.417 e. The molecular weight excluding hydrogens is 446 g/mol. The van der Waals surface area contributed by atoms with Gasteiger partial charge in [0.05, 0.1) is 5.69 Å². The van der Waals surface area contributed by atoms with Gasteiger partial charge in [-0.1, -0.05) is 18.2 Å². The Hall–Kier alpha value is -3.71. The highest BCUT2D eigenvalue weighted by molar-refractivity contribution is 7.11. The molecule has 1 aliphatic heterocycles. The SMILES string of the molecule is N#Cc1ccc(-c2ccc3c(c2)C(c2cccs2)(c2cccs2)OCC(=O)N3)n1C(=O)O. The van der Waals surface area contributed by atoms with Crippen molar-refractivity contribution in [1.82, 2.24) is 4.57 Å². The third-order valence-corrected chi connectivity index (χ3v) is 7.25. The molecule has 3 aromatic heterocycles. The maximum atomic E-state index is 12.5. The number of nitrogens with zero attached hydrogens (tertiary/aromatic N) is 2. The Bertz CT molecular complexity index is 1330. The molecule has 4 aromatic rings. The number of benzene rings is 1. The van der Waals surface area contributed by atoms with Crippen LogP contribution in [-0.4, -0.2) is 28.3 Å². The first-order valence-electron chi connectivity index (χ1n) is 9.56. The van der Waals surface area contributed by atoms with Crippen LogP contribution in [0.2, 0.25) is 0 Å². The largest absolute Gasteiger partial charge is 0.464 e. The molecule has 0 saturated carbocycles. The van der Waals surface area contributed by atoms with Crippen LogP contribution in [0.1, 0.15) is 21.0 Å². The predicted molar refractivity (Wildman–Crippen MR) is 121 cm³/mol. The summed E-state index contributed by atoms with van der Waals surface area (Å²) in [6.07, 6.45) is -1.25. The molecule has 0 fully saturated rings. The number of thiophene rings is 2. The van der Waals surface area contributed by atoms with E-state index in [1.165, 1.54) is 28.7 Å². The van der Waals surface area contributed by atoms with Gasteiger partial charge < -0.3 is 15.2 Å². The van der Waals surface area contributed by atoms with Gasteiger partial charge in [0.25, 0.3) is 0 Å². The number of carboxylic acid groups (broad SMARTS) is 1. The fraction of sp³-hybridized carbons (Fsp3) is 0.0870. The zero-order chi connectivity index (χ0) is 22.3. The third kappa shape index (κ3) is 3.05. The Labute approximate surface area is 190 Å². The minimum Gasteiger partial charge on any atom is -0.464 e. The number of ether oxygens (including phenoxy) is 1. The number of hydrogen-bond acceptors (Lipinski definition) is 6. The van der Waals surface area contributed by atoms with Gasteiger partial charge in [-0.25, -0.2) is 9.36 Å². The van der Waals surface area contributed by atoms with Crippen LogP contribution < -0.4 is 5.32 Å². The lowest BCUT2D eigenvalue weighted by atomic mass is 9.87. The number of fused-ring (bicyclic) bond motifs is 1. The molecule has 4 heterocycles. The van der Waals surface area contributed by atoms with Crippen LogP contribution in [0.4, 0.5) is 10.5 Å². The minimum absolute atomic E-state index is 0.0229. The van der Waals surface area contributed by atoms with Crippen LogP contribution in [-0.2, 0) is 15.1 Å². The van der Waals surface area contributed by atoms with E-state index in [0.717, 1.165) is 14.3 Å². The molecule has 1 amide bonds. The van der Waals surface area contributed by atoms with Crippen LogP contribution in [0.25, 0.3) is 11.3 Å². The summed E-state index contributed by atoms with van der Waals surface area (Å²) in [7, 11) is 0. The highest BCUT2D eigenvalue weighted by Gasteiger charge is 2.44. The van der Waals surface area contributed by atoms with E-state index in [9.17, 15) is 20.0 Å². The molecule has 0 aliphatic carbocycles. The summed E-state index contributed by atoms with van der Waals surface area (Å²) in [5.74, 6) is -0.269. The first-order chi connectivity index (χ1) is 15.5. The zero-order valence-corrected chi connectivity index (χ0v) is 18.1. The molecule has 7 nitrogen and oxygen atoms in total. The van der Waals surface area contributed by atoms with Crippen molar-refractivity contribution >= 4 is 40.4 Å². The summed E-state index contributed by atoms with van der Waals surface area (Å²) in [5, 5.41) is 25.8. The van der Waals surface area contributed by atoms with Gasteiger partial charge in [0.15, 0.2) is 5.60 Å². The molecule has 158 valence electrons. The van der Waals surface area contributed by atoms with E-state index in [1.54, 1.807) is 18.2 Å². The molecule has 0 spiro atoms. The molecule has 0 radical (unpaired) electrons. The quantitative estimate of drug-likeness (QED) is 0.450. The number of rotatable bonds is 3. The fourth-order valence-electron chi connectivity index (χ4n) is 3.98. The van der Waals surface area contributed by atoms with Crippen LogP contribution in [0.15, 0.2) is 65.4 Å². The summed E-state index contributed by atoms with van der Waals surface area (Å²) in [6.45, 7) is -0.135. The van der Waals surface area contributed by atoms with Gasteiger partial charge in [-0.3, -0.25) is 4.79 Å². The van der Waals surface area contributed by atoms with Gasteiger partial charge in [0.1, 0.15) is 18.4 Å². The van der Waals surface area contributed by atoms with E-state index in [4.69, 9.17) is 4.74 Å². The number of amides is 1. The van der Waals surface area contributed by atoms with Crippen molar-refractivity contribution < 1.29 is 19.4 Å². The molecule has 32 heavy (non-hydrogen) atoms. The molecular formula is C23H15N3O4S2. The monoisotopic (exact) mass is 461 g/mol. The second kappa shape index (κ2) is 7.76. The number of nitriles is 1. The summed E-state index contributed by atoms with van der Waals surface area (Å²) in [6, 6.07) is 18.1. The van der Waals surface area contributed by atoms with Gasteiger partial charge >= 0.3 is 6.09 Å².